The Kier molecular flexibility index (Phi) is 5.19. The van der Waals surface area contributed by atoms with Gasteiger partial charge in [-0.2, -0.15) is 5.10 Å². The van der Waals surface area contributed by atoms with Crippen LogP contribution in [-0.2, 0) is 13.1 Å². The lowest BCUT2D eigenvalue weighted by Gasteiger charge is -2.07. The van der Waals surface area contributed by atoms with Crippen LogP contribution < -0.4 is 5.32 Å². The molecule has 0 aliphatic heterocycles. The van der Waals surface area contributed by atoms with Gasteiger partial charge in [-0.3, -0.25) is 0 Å². The Balaban J connectivity index is 1.78. The van der Waals surface area contributed by atoms with Crippen LogP contribution in [0.3, 0.4) is 0 Å². The highest BCUT2D eigenvalue weighted by molar-refractivity contribution is 6.33. The zero-order valence-corrected chi connectivity index (χ0v) is 14.6. The van der Waals surface area contributed by atoms with E-state index in [4.69, 9.17) is 23.2 Å². The maximum atomic E-state index is 13.6. The fraction of sp³-hybridized carbons (Fsp3) is 0.167. The summed E-state index contributed by atoms with van der Waals surface area (Å²) in [4.78, 5) is 0. The Hall–Kier alpha value is -1.88. The van der Waals surface area contributed by atoms with Gasteiger partial charge in [0.1, 0.15) is 11.0 Å². The number of para-hydroxylation sites is 1. The van der Waals surface area contributed by atoms with E-state index in [0.29, 0.717) is 28.8 Å². The zero-order chi connectivity index (χ0) is 17.1. The molecule has 2 aromatic carbocycles. The average Bonchev–Trinajstić information content (AvgIpc) is 2.85. The molecule has 0 amide bonds. The Morgan fingerprint density at radius 2 is 1.75 bits per heavy atom. The lowest BCUT2D eigenvalue weighted by molar-refractivity contribution is 0.587. The van der Waals surface area contributed by atoms with Gasteiger partial charge >= 0.3 is 0 Å². The molecule has 124 valence electrons. The average molecular weight is 364 g/mol. The molecule has 0 aliphatic carbocycles. The van der Waals surface area contributed by atoms with Crippen molar-refractivity contribution >= 4 is 23.2 Å². The van der Waals surface area contributed by atoms with Crippen LogP contribution in [0.15, 0.2) is 48.5 Å². The van der Waals surface area contributed by atoms with Crippen molar-refractivity contribution in [3.63, 3.8) is 0 Å². The van der Waals surface area contributed by atoms with Gasteiger partial charge in [0.05, 0.1) is 16.4 Å². The van der Waals surface area contributed by atoms with E-state index in [2.05, 4.69) is 10.4 Å². The molecule has 1 N–H and O–H groups in total. The summed E-state index contributed by atoms with van der Waals surface area (Å²) < 4.78 is 15.3. The number of benzene rings is 2. The van der Waals surface area contributed by atoms with Crippen molar-refractivity contribution in [2.24, 2.45) is 0 Å². The highest BCUT2D eigenvalue weighted by Gasteiger charge is 2.16. The normalized spacial score (nSPS) is 11.0. The Morgan fingerprint density at radius 3 is 2.50 bits per heavy atom. The summed E-state index contributed by atoms with van der Waals surface area (Å²) in [6.07, 6.45) is 0. The van der Waals surface area contributed by atoms with Gasteiger partial charge < -0.3 is 5.32 Å². The summed E-state index contributed by atoms with van der Waals surface area (Å²) >= 11 is 12.7. The predicted molar refractivity (Wildman–Crippen MR) is 95.3 cm³/mol. The number of rotatable bonds is 5. The molecular formula is C18H16Cl2FN3. The molecule has 0 aliphatic rings. The summed E-state index contributed by atoms with van der Waals surface area (Å²) in [5, 5.41) is 8.76. The number of halogens is 3. The minimum absolute atomic E-state index is 0.223. The van der Waals surface area contributed by atoms with E-state index in [0.717, 1.165) is 16.9 Å². The predicted octanol–water partition coefficient (Wildman–Crippen LogP) is 4.92. The molecule has 0 saturated heterocycles. The van der Waals surface area contributed by atoms with Crippen molar-refractivity contribution in [2.75, 3.05) is 0 Å². The van der Waals surface area contributed by atoms with Gasteiger partial charge in [-0.05, 0) is 25.1 Å². The Morgan fingerprint density at radius 1 is 1.04 bits per heavy atom. The van der Waals surface area contributed by atoms with Gasteiger partial charge in [0, 0.05) is 24.2 Å². The Bertz CT molecular complexity index is 861. The van der Waals surface area contributed by atoms with E-state index in [9.17, 15) is 4.39 Å². The molecule has 0 fully saturated rings. The molecule has 0 bridgehead atoms. The first kappa shape index (κ1) is 17.0. The third kappa shape index (κ3) is 3.46. The van der Waals surface area contributed by atoms with E-state index in [1.165, 1.54) is 6.07 Å². The molecule has 0 radical (unpaired) electrons. The van der Waals surface area contributed by atoms with Crippen molar-refractivity contribution in [1.82, 2.24) is 15.1 Å². The first-order valence-electron chi connectivity index (χ1n) is 7.51. The third-order valence-corrected chi connectivity index (χ3v) is 4.49. The smallest absolute Gasteiger partial charge is 0.137 e. The molecule has 3 nitrogen and oxygen atoms in total. The second-order valence-electron chi connectivity index (χ2n) is 5.41. The lowest BCUT2D eigenvalue weighted by atomic mass is 10.2. The van der Waals surface area contributed by atoms with Crippen LogP contribution in [0.4, 0.5) is 4.39 Å². The van der Waals surface area contributed by atoms with Crippen molar-refractivity contribution < 1.29 is 4.39 Å². The molecule has 0 atom stereocenters. The van der Waals surface area contributed by atoms with Crippen LogP contribution in [0.5, 0.6) is 0 Å². The van der Waals surface area contributed by atoms with Crippen molar-refractivity contribution in [1.29, 1.82) is 0 Å². The molecular weight excluding hydrogens is 348 g/mol. The van der Waals surface area contributed by atoms with Gasteiger partial charge in [0.25, 0.3) is 0 Å². The number of hydrogen-bond donors (Lipinski definition) is 1. The molecule has 24 heavy (non-hydrogen) atoms. The lowest BCUT2D eigenvalue weighted by Crippen LogP contribution is -2.14. The minimum Gasteiger partial charge on any atom is -0.308 e. The van der Waals surface area contributed by atoms with Crippen molar-refractivity contribution in [2.45, 2.75) is 20.0 Å². The van der Waals surface area contributed by atoms with Gasteiger partial charge in [-0.1, -0.05) is 53.5 Å². The second-order valence-corrected chi connectivity index (χ2v) is 6.18. The van der Waals surface area contributed by atoms with Gasteiger partial charge in [0.2, 0.25) is 0 Å². The number of nitrogens with one attached hydrogen (secondary N) is 1. The van der Waals surface area contributed by atoms with E-state index < -0.39 is 0 Å². The fourth-order valence-corrected chi connectivity index (χ4v) is 3.03. The first-order valence-corrected chi connectivity index (χ1v) is 8.26. The summed E-state index contributed by atoms with van der Waals surface area (Å²) in [5.41, 5.74) is 3.02. The second kappa shape index (κ2) is 7.34. The zero-order valence-electron chi connectivity index (χ0n) is 13.1. The van der Waals surface area contributed by atoms with E-state index in [-0.39, 0.29) is 5.82 Å². The van der Waals surface area contributed by atoms with Crippen LogP contribution in [0, 0.1) is 12.7 Å². The van der Waals surface area contributed by atoms with Gasteiger partial charge in [-0.15, -0.1) is 0 Å². The SMILES string of the molecule is Cc1nn(-c2ccccc2Cl)c(Cl)c1CNCc1ccccc1F. The largest absolute Gasteiger partial charge is 0.308 e. The molecule has 3 aromatic rings. The van der Waals surface area contributed by atoms with Gasteiger partial charge in [-0.25, -0.2) is 9.07 Å². The molecule has 3 rings (SSSR count). The molecule has 1 aromatic heterocycles. The van der Waals surface area contributed by atoms with Crippen molar-refractivity contribution in [3.05, 3.63) is 81.3 Å². The van der Waals surface area contributed by atoms with Gasteiger partial charge in [0.15, 0.2) is 0 Å². The molecule has 0 unspecified atom stereocenters. The minimum atomic E-state index is -0.223. The summed E-state index contributed by atoms with van der Waals surface area (Å²) in [5.74, 6) is -0.223. The summed E-state index contributed by atoms with van der Waals surface area (Å²) in [6, 6.07) is 14.1. The van der Waals surface area contributed by atoms with Crippen LogP contribution in [0.2, 0.25) is 10.2 Å². The standard InChI is InChI=1S/C18H16Cl2FN3/c1-12-14(11-22-10-13-6-2-4-8-16(13)21)18(20)24(23-12)17-9-5-3-7-15(17)19/h2-9,22H,10-11H2,1H3. The fourth-order valence-electron chi connectivity index (χ4n) is 2.48. The number of nitrogens with zero attached hydrogens (tertiary/aromatic N) is 2. The highest BCUT2D eigenvalue weighted by atomic mass is 35.5. The number of aromatic nitrogens is 2. The monoisotopic (exact) mass is 363 g/mol. The van der Waals surface area contributed by atoms with Crippen LogP contribution in [-0.4, -0.2) is 9.78 Å². The molecule has 1 heterocycles. The molecule has 0 saturated carbocycles. The van der Waals surface area contributed by atoms with E-state index in [1.54, 1.807) is 22.9 Å². The quantitative estimate of drug-likeness (QED) is 0.697. The van der Waals surface area contributed by atoms with Crippen molar-refractivity contribution in [3.8, 4) is 5.69 Å². The topological polar surface area (TPSA) is 29.9 Å². The van der Waals surface area contributed by atoms with E-state index >= 15 is 0 Å². The maximum Gasteiger partial charge on any atom is 0.137 e. The van der Waals surface area contributed by atoms with E-state index in [1.807, 2.05) is 31.2 Å². The summed E-state index contributed by atoms with van der Waals surface area (Å²) in [6.45, 7) is 2.79. The highest BCUT2D eigenvalue weighted by Crippen LogP contribution is 2.27. The molecule has 6 heteroatoms. The Labute approximate surface area is 150 Å². The van der Waals surface area contributed by atoms with Crippen LogP contribution in [0.25, 0.3) is 5.69 Å². The number of aryl methyl sites for hydroxylation is 1. The first-order chi connectivity index (χ1) is 11.6. The maximum absolute atomic E-state index is 13.6. The van der Waals surface area contributed by atoms with Crippen LogP contribution >= 0.6 is 23.2 Å². The summed E-state index contributed by atoms with van der Waals surface area (Å²) in [7, 11) is 0. The molecule has 0 spiro atoms. The number of hydrogen-bond acceptors (Lipinski definition) is 2. The van der Waals surface area contributed by atoms with Crippen LogP contribution in [0.1, 0.15) is 16.8 Å². The third-order valence-electron chi connectivity index (χ3n) is 3.78.